The van der Waals surface area contributed by atoms with E-state index in [0.29, 0.717) is 12.1 Å². The van der Waals surface area contributed by atoms with Gasteiger partial charge in [-0.2, -0.15) is 4.31 Å². The van der Waals surface area contributed by atoms with Gasteiger partial charge in [0.15, 0.2) is 0 Å². The van der Waals surface area contributed by atoms with Crippen molar-refractivity contribution in [2.75, 3.05) is 25.5 Å². The van der Waals surface area contributed by atoms with E-state index in [2.05, 4.69) is 5.32 Å². The van der Waals surface area contributed by atoms with Crippen LogP contribution in [0.5, 0.6) is 0 Å². The molecule has 0 saturated carbocycles. The SMILES string of the molecule is CN(CC(=O)Nc1ccc(CCO)cc1)S(=O)(=O)c1cccs1. The van der Waals surface area contributed by atoms with Crippen molar-refractivity contribution in [2.24, 2.45) is 0 Å². The van der Waals surface area contributed by atoms with Crippen LogP contribution in [-0.4, -0.2) is 43.9 Å². The highest BCUT2D eigenvalue weighted by molar-refractivity contribution is 7.91. The molecule has 0 aliphatic rings. The summed E-state index contributed by atoms with van der Waals surface area (Å²) in [5.74, 6) is -0.414. The molecule has 1 aromatic carbocycles. The summed E-state index contributed by atoms with van der Waals surface area (Å²) in [6.45, 7) is -0.199. The largest absolute Gasteiger partial charge is 0.396 e. The highest BCUT2D eigenvalue weighted by atomic mass is 32.2. The second-order valence-electron chi connectivity index (χ2n) is 4.91. The van der Waals surface area contributed by atoms with E-state index in [1.165, 1.54) is 13.1 Å². The minimum atomic E-state index is -3.63. The van der Waals surface area contributed by atoms with E-state index < -0.39 is 15.9 Å². The first-order chi connectivity index (χ1) is 10.9. The van der Waals surface area contributed by atoms with Gasteiger partial charge in [-0.05, 0) is 35.6 Å². The Morgan fingerprint density at radius 1 is 1.26 bits per heavy atom. The van der Waals surface area contributed by atoms with Gasteiger partial charge < -0.3 is 10.4 Å². The Bertz CT molecular complexity index is 740. The lowest BCUT2D eigenvalue weighted by Crippen LogP contribution is -2.34. The molecule has 1 aromatic heterocycles. The number of rotatable bonds is 7. The zero-order valence-corrected chi connectivity index (χ0v) is 14.2. The summed E-state index contributed by atoms with van der Waals surface area (Å²) >= 11 is 1.11. The second kappa shape index (κ2) is 7.69. The molecule has 0 fully saturated rings. The lowest BCUT2D eigenvalue weighted by Gasteiger charge is -2.15. The summed E-state index contributed by atoms with van der Waals surface area (Å²) in [4.78, 5) is 12.0. The van der Waals surface area contributed by atoms with E-state index in [1.54, 1.807) is 35.7 Å². The Balaban J connectivity index is 1.96. The number of nitrogens with zero attached hydrogens (tertiary/aromatic N) is 1. The zero-order chi connectivity index (χ0) is 16.9. The first-order valence-corrected chi connectivity index (χ1v) is 9.25. The van der Waals surface area contributed by atoms with Crippen LogP contribution in [0.2, 0.25) is 0 Å². The lowest BCUT2D eigenvalue weighted by atomic mass is 10.1. The standard InChI is InChI=1S/C15H18N2O4S2/c1-17(23(20,21)15-3-2-10-22-15)11-14(19)16-13-6-4-12(5-7-13)8-9-18/h2-7,10,18H,8-9,11H2,1H3,(H,16,19). The minimum Gasteiger partial charge on any atom is -0.396 e. The topological polar surface area (TPSA) is 86.7 Å². The molecule has 0 bridgehead atoms. The van der Waals surface area contributed by atoms with Gasteiger partial charge in [-0.25, -0.2) is 8.42 Å². The maximum atomic E-state index is 12.2. The van der Waals surface area contributed by atoms with Gasteiger partial charge in [0.05, 0.1) is 6.54 Å². The van der Waals surface area contributed by atoms with E-state index in [9.17, 15) is 13.2 Å². The Labute approximate surface area is 139 Å². The normalized spacial score (nSPS) is 11.6. The number of benzene rings is 1. The van der Waals surface area contributed by atoms with Crippen molar-refractivity contribution < 1.29 is 18.3 Å². The van der Waals surface area contributed by atoms with E-state index >= 15 is 0 Å². The first kappa shape index (κ1) is 17.6. The van der Waals surface area contributed by atoms with Crippen LogP contribution < -0.4 is 5.32 Å². The van der Waals surface area contributed by atoms with Crippen LogP contribution in [0.25, 0.3) is 0 Å². The maximum Gasteiger partial charge on any atom is 0.252 e. The van der Waals surface area contributed by atoms with Crippen LogP contribution in [-0.2, 0) is 21.2 Å². The Morgan fingerprint density at radius 3 is 2.52 bits per heavy atom. The van der Waals surface area contributed by atoms with Gasteiger partial charge in [0.1, 0.15) is 4.21 Å². The average Bonchev–Trinajstić information content (AvgIpc) is 3.04. The number of likely N-dealkylation sites (N-methyl/N-ethyl adjacent to an activating group) is 1. The summed E-state index contributed by atoms with van der Waals surface area (Å²) in [5.41, 5.74) is 1.54. The number of carbonyl (C=O) groups excluding carboxylic acids is 1. The molecule has 1 amide bonds. The molecule has 8 heteroatoms. The number of nitrogens with one attached hydrogen (secondary N) is 1. The van der Waals surface area contributed by atoms with E-state index in [-0.39, 0.29) is 17.4 Å². The number of hydrogen-bond donors (Lipinski definition) is 2. The van der Waals surface area contributed by atoms with Gasteiger partial charge in [0.25, 0.3) is 10.0 Å². The fourth-order valence-electron chi connectivity index (χ4n) is 1.94. The second-order valence-corrected chi connectivity index (χ2v) is 8.13. The summed E-state index contributed by atoms with van der Waals surface area (Å²) in [6, 6.07) is 10.2. The highest BCUT2D eigenvalue weighted by Gasteiger charge is 2.23. The van der Waals surface area contributed by atoms with Crippen LogP contribution in [0.15, 0.2) is 46.0 Å². The maximum absolute atomic E-state index is 12.2. The molecule has 0 saturated heterocycles. The van der Waals surface area contributed by atoms with Crippen molar-refractivity contribution in [1.29, 1.82) is 0 Å². The monoisotopic (exact) mass is 354 g/mol. The molecule has 0 atom stereocenters. The molecule has 124 valence electrons. The molecule has 0 aliphatic heterocycles. The molecule has 23 heavy (non-hydrogen) atoms. The predicted molar refractivity (Wildman–Crippen MR) is 90.0 cm³/mol. The van der Waals surface area contributed by atoms with Gasteiger partial charge in [0.2, 0.25) is 5.91 Å². The quantitative estimate of drug-likeness (QED) is 0.790. The molecule has 0 radical (unpaired) electrons. The third-order valence-electron chi connectivity index (χ3n) is 3.16. The van der Waals surface area contributed by atoms with Gasteiger partial charge >= 0.3 is 0 Å². The van der Waals surface area contributed by atoms with Crippen molar-refractivity contribution in [3.8, 4) is 0 Å². The van der Waals surface area contributed by atoms with Crippen molar-refractivity contribution in [2.45, 2.75) is 10.6 Å². The minimum absolute atomic E-state index is 0.0665. The molecule has 0 spiro atoms. The summed E-state index contributed by atoms with van der Waals surface area (Å²) in [5, 5.41) is 13.2. The number of sulfonamides is 1. The van der Waals surface area contributed by atoms with Crippen LogP contribution in [0.4, 0.5) is 5.69 Å². The van der Waals surface area contributed by atoms with E-state index in [0.717, 1.165) is 21.2 Å². The van der Waals surface area contributed by atoms with Gasteiger partial charge in [-0.3, -0.25) is 4.79 Å². The van der Waals surface area contributed by atoms with Crippen molar-refractivity contribution in [1.82, 2.24) is 4.31 Å². The molecule has 6 nitrogen and oxygen atoms in total. The summed E-state index contributed by atoms with van der Waals surface area (Å²) in [7, 11) is -2.26. The molecule has 2 rings (SSSR count). The Hall–Kier alpha value is -1.74. The number of hydrogen-bond acceptors (Lipinski definition) is 5. The number of amides is 1. The zero-order valence-electron chi connectivity index (χ0n) is 12.6. The van der Waals surface area contributed by atoms with Gasteiger partial charge in [-0.1, -0.05) is 18.2 Å². The van der Waals surface area contributed by atoms with E-state index in [4.69, 9.17) is 5.11 Å². The highest BCUT2D eigenvalue weighted by Crippen LogP contribution is 2.19. The third kappa shape index (κ3) is 4.61. The van der Waals surface area contributed by atoms with E-state index in [1.807, 2.05) is 0 Å². The molecular weight excluding hydrogens is 336 g/mol. The number of aliphatic hydroxyl groups excluding tert-OH is 1. The summed E-state index contributed by atoms with van der Waals surface area (Å²) in [6.07, 6.45) is 0.552. The number of thiophene rings is 1. The molecule has 2 aromatic rings. The van der Waals surface area contributed by atoms with Crippen molar-refractivity contribution >= 4 is 33.0 Å². The molecule has 1 heterocycles. The number of carbonyl (C=O) groups is 1. The Morgan fingerprint density at radius 2 is 1.96 bits per heavy atom. The van der Waals surface area contributed by atoms with Crippen LogP contribution >= 0.6 is 11.3 Å². The smallest absolute Gasteiger partial charge is 0.252 e. The van der Waals surface area contributed by atoms with Crippen LogP contribution in [0, 0.1) is 0 Å². The Kier molecular flexibility index (Phi) is 5.89. The molecule has 2 N–H and O–H groups in total. The summed E-state index contributed by atoms with van der Waals surface area (Å²) < 4.78 is 25.7. The predicted octanol–water partition coefficient (Wildman–Crippen LogP) is 1.54. The molecule has 0 aliphatic carbocycles. The van der Waals surface area contributed by atoms with Crippen LogP contribution in [0.1, 0.15) is 5.56 Å². The first-order valence-electron chi connectivity index (χ1n) is 6.93. The lowest BCUT2D eigenvalue weighted by molar-refractivity contribution is -0.116. The van der Waals surface area contributed by atoms with Crippen LogP contribution in [0.3, 0.4) is 0 Å². The number of anilines is 1. The fraction of sp³-hybridized carbons (Fsp3) is 0.267. The van der Waals surface area contributed by atoms with Gasteiger partial charge in [-0.15, -0.1) is 11.3 Å². The third-order valence-corrected chi connectivity index (χ3v) is 6.34. The van der Waals surface area contributed by atoms with Gasteiger partial charge in [0, 0.05) is 19.3 Å². The van der Waals surface area contributed by atoms with Crippen molar-refractivity contribution in [3.05, 3.63) is 47.3 Å². The average molecular weight is 354 g/mol. The fourth-order valence-corrected chi connectivity index (χ4v) is 4.26. The van der Waals surface area contributed by atoms with Crippen molar-refractivity contribution in [3.63, 3.8) is 0 Å². The number of aliphatic hydroxyl groups is 1. The molecule has 0 unspecified atom stereocenters. The molecular formula is C15H18N2O4S2.